The van der Waals surface area contributed by atoms with Crippen LogP contribution in [-0.4, -0.2) is 53.5 Å². The lowest BCUT2D eigenvalue weighted by Gasteiger charge is -2.29. The molecule has 1 saturated carbocycles. The fourth-order valence-corrected chi connectivity index (χ4v) is 3.64. The summed E-state index contributed by atoms with van der Waals surface area (Å²) in [6.07, 6.45) is 5.26. The molecule has 2 heterocycles. The summed E-state index contributed by atoms with van der Waals surface area (Å²) in [6, 6.07) is 9.14. The average molecular weight is 400 g/mol. The van der Waals surface area contributed by atoms with Crippen LogP contribution in [-0.2, 0) is 16.1 Å². The second kappa shape index (κ2) is 8.78. The fourth-order valence-electron chi connectivity index (χ4n) is 3.64. The molecule has 0 bridgehead atoms. The van der Waals surface area contributed by atoms with E-state index in [2.05, 4.69) is 0 Å². The molecule has 1 aromatic carbocycles. The van der Waals surface area contributed by atoms with Gasteiger partial charge in [-0.25, -0.2) is 4.39 Å². The van der Waals surface area contributed by atoms with Gasteiger partial charge in [0.15, 0.2) is 0 Å². The van der Waals surface area contributed by atoms with Gasteiger partial charge in [0.1, 0.15) is 18.1 Å². The Morgan fingerprint density at radius 1 is 1.10 bits per heavy atom. The third-order valence-electron chi connectivity index (χ3n) is 5.37. The summed E-state index contributed by atoms with van der Waals surface area (Å²) in [7, 11) is 0. The van der Waals surface area contributed by atoms with E-state index in [1.54, 1.807) is 22.1 Å². The van der Waals surface area contributed by atoms with E-state index in [0.717, 1.165) is 25.7 Å². The first-order valence-electron chi connectivity index (χ1n) is 10.1. The van der Waals surface area contributed by atoms with Crippen LogP contribution in [0.4, 0.5) is 4.39 Å². The van der Waals surface area contributed by atoms with Crippen LogP contribution >= 0.6 is 0 Å². The number of hydrogen-bond acceptors (Lipinski definition) is 4. The molecule has 154 valence electrons. The summed E-state index contributed by atoms with van der Waals surface area (Å²) >= 11 is 0. The number of carbonyl (C=O) groups excluding carboxylic acids is 2. The van der Waals surface area contributed by atoms with E-state index in [9.17, 15) is 14.0 Å². The third kappa shape index (κ3) is 5.03. The summed E-state index contributed by atoms with van der Waals surface area (Å²) in [5.41, 5.74) is 0.391. The normalized spacial score (nSPS) is 18.6. The average Bonchev–Trinajstić information content (AvgIpc) is 3.18. The number of benzene rings is 1. The maximum absolute atomic E-state index is 13.2. The molecule has 0 unspecified atom stereocenters. The first kappa shape index (κ1) is 19.6. The van der Waals surface area contributed by atoms with Gasteiger partial charge in [-0.2, -0.15) is 0 Å². The lowest BCUT2D eigenvalue weighted by molar-refractivity contribution is -0.134. The van der Waals surface area contributed by atoms with Crippen LogP contribution in [0.1, 0.15) is 41.8 Å². The van der Waals surface area contributed by atoms with E-state index in [0.29, 0.717) is 31.0 Å². The van der Waals surface area contributed by atoms with Crippen molar-refractivity contribution >= 4 is 11.8 Å². The van der Waals surface area contributed by atoms with Crippen molar-refractivity contribution in [3.05, 3.63) is 59.8 Å². The second-order valence-corrected chi connectivity index (χ2v) is 7.66. The van der Waals surface area contributed by atoms with Crippen LogP contribution in [0.5, 0.6) is 0 Å². The van der Waals surface area contributed by atoms with Gasteiger partial charge in [-0.1, -0.05) is 0 Å². The molecule has 7 heteroatoms. The lowest BCUT2D eigenvalue weighted by atomic mass is 10.2. The van der Waals surface area contributed by atoms with Gasteiger partial charge in [-0.05, 0) is 62.1 Å². The molecule has 1 saturated heterocycles. The van der Waals surface area contributed by atoms with Crippen molar-refractivity contribution in [1.82, 2.24) is 9.80 Å². The Labute approximate surface area is 169 Å². The van der Waals surface area contributed by atoms with Gasteiger partial charge in [0.05, 0.1) is 18.9 Å². The smallest absolute Gasteiger partial charge is 0.254 e. The molecule has 1 aliphatic carbocycles. The predicted octanol–water partition coefficient (Wildman–Crippen LogP) is 3.23. The molecule has 0 radical (unpaired) electrons. The standard InChI is InChI=1S/C22H25FN2O4/c23-17-7-5-16(6-8-17)22(27)25(18-9-10-18)15-21(26)24(13-19-3-1-11-28-19)14-20-4-2-12-29-20/h1,3,5-8,11,18,20H,2,4,9-10,12-15H2/t20-/m1/s1. The van der Waals surface area contributed by atoms with Gasteiger partial charge in [-0.15, -0.1) is 0 Å². The van der Waals surface area contributed by atoms with Crippen molar-refractivity contribution in [2.45, 2.75) is 44.4 Å². The Hall–Kier alpha value is -2.67. The van der Waals surface area contributed by atoms with E-state index in [1.807, 2.05) is 6.07 Å². The summed E-state index contributed by atoms with van der Waals surface area (Å²) < 4.78 is 24.3. The molecule has 2 amide bonds. The molecule has 1 aromatic heterocycles. The SMILES string of the molecule is O=C(CN(C(=O)c1ccc(F)cc1)C1CC1)N(Cc1ccco1)C[C@H]1CCCO1. The molecule has 2 aliphatic rings. The highest BCUT2D eigenvalue weighted by Gasteiger charge is 2.36. The number of amides is 2. The van der Waals surface area contributed by atoms with Crippen LogP contribution in [0.3, 0.4) is 0 Å². The van der Waals surface area contributed by atoms with E-state index in [1.165, 1.54) is 24.3 Å². The van der Waals surface area contributed by atoms with Crippen LogP contribution in [0.2, 0.25) is 0 Å². The summed E-state index contributed by atoms with van der Waals surface area (Å²) in [5.74, 6) is -0.0776. The minimum atomic E-state index is -0.392. The zero-order chi connectivity index (χ0) is 20.2. The minimum absolute atomic E-state index is 0.00565. The van der Waals surface area contributed by atoms with Crippen molar-refractivity contribution in [2.24, 2.45) is 0 Å². The number of ether oxygens (including phenoxy) is 1. The Morgan fingerprint density at radius 3 is 2.52 bits per heavy atom. The molecule has 6 nitrogen and oxygen atoms in total. The maximum Gasteiger partial charge on any atom is 0.254 e. The quantitative estimate of drug-likeness (QED) is 0.683. The molecule has 1 atom stereocenters. The molecule has 4 rings (SSSR count). The van der Waals surface area contributed by atoms with E-state index in [4.69, 9.17) is 9.15 Å². The Kier molecular flexibility index (Phi) is 5.94. The molecule has 0 N–H and O–H groups in total. The number of nitrogens with zero attached hydrogens (tertiary/aromatic N) is 2. The summed E-state index contributed by atoms with van der Waals surface area (Å²) in [6.45, 7) is 1.52. The van der Waals surface area contributed by atoms with Crippen molar-refractivity contribution < 1.29 is 23.1 Å². The summed E-state index contributed by atoms with van der Waals surface area (Å²) in [4.78, 5) is 29.4. The van der Waals surface area contributed by atoms with Crippen molar-refractivity contribution in [1.29, 1.82) is 0 Å². The van der Waals surface area contributed by atoms with Crippen molar-refractivity contribution in [3.63, 3.8) is 0 Å². The van der Waals surface area contributed by atoms with E-state index >= 15 is 0 Å². The monoisotopic (exact) mass is 400 g/mol. The van der Waals surface area contributed by atoms with Gasteiger partial charge in [0, 0.05) is 24.8 Å². The predicted molar refractivity (Wildman–Crippen MR) is 104 cm³/mol. The van der Waals surface area contributed by atoms with Gasteiger partial charge >= 0.3 is 0 Å². The molecular formula is C22H25FN2O4. The Morgan fingerprint density at radius 2 is 1.90 bits per heavy atom. The van der Waals surface area contributed by atoms with Crippen LogP contribution < -0.4 is 0 Å². The van der Waals surface area contributed by atoms with Crippen molar-refractivity contribution in [2.75, 3.05) is 19.7 Å². The number of hydrogen-bond donors (Lipinski definition) is 0. The van der Waals surface area contributed by atoms with Crippen LogP contribution in [0.25, 0.3) is 0 Å². The number of furan rings is 1. The van der Waals surface area contributed by atoms with E-state index < -0.39 is 5.82 Å². The van der Waals surface area contributed by atoms with Gasteiger partial charge < -0.3 is 19.0 Å². The first-order chi connectivity index (χ1) is 14.1. The van der Waals surface area contributed by atoms with Gasteiger partial charge in [-0.3, -0.25) is 9.59 Å². The second-order valence-electron chi connectivity index (χ2n) is 7.66. The van der Waals surface area contributed by atoms with Crippen molar-refractivity contribution in [3.8, 4) is 0 Å². The summed E-state index contributed by atoms with van der Waals surface area (Å²) in [5, 5.41) is 0. The third-order valence-corrected chi connectivity index (χ3v) is 5.37. The number of rotatable bonds is 8. The molecule has 2 aromatic rings. The van der Waals surface area contributed by atoms with Crippen LogP contribution in [0, 0.1) is 5.82 Å². The first-order valence-corrected chi connectivity index (χ1v) is 10.1. The molecule has 29 heavy (non-hydrogen) atoms. The van der Waals surface area contributed by atoms with Gasteiger partial charge in [0.25, 0.3) is 5.91 Å². The van der Waals surface area contributed by atoms with Crippen LogP contribution in [0.15, 0.2) is 47.1 Å². The zero-order valence-electron chi connectivity index (χ0n) is 16.3. The lowest BCUT2D eigenvalue weighted by Crippen LogP contribution is -2.45. The minimum Gasteiger partial charge on any atom is -0.467 e. The Balaban J connectivity index is 1.47. The molecule has 2 fully saturated rings. The topological polar surface area (TPSA) is 63.0 Å². The van der Waals surface area contributed by atoms with E-state index in [-0.39, 0.29) is 30.5 Å². The van der Waals surface area contributed by atoms with Gasteiger partial charge in [0.2, 0.25) is 5.91 Å². The molecule has 0 spiro atoms. The highest BCUT2D eigenvalue weighted by Crippen LogP contribution is 2.28. The fraction of sp³-hybridized carbons (Fsp3) is 0.455. The molecular weight excluding hydrogens is 375 g/mol. The molecule has 1 aliphatic heterocycles. The highest BCUT2D eigenvalue weighted by atomic mass is 19.1. The number of carbonyl (C=O) groups is 2. The largest absolute Gasteiger partial charge is 0.467 e. The Bertz CT molecular complexity index is 827. The number of halogens is 1. The zero-order valence-corrected chi connectivity index (χ0v) is 16.3. The highest BCUT2D eigenvalue weighted by molar-refractivity contribution is 5.97. The maximum atomic E-state index is 13.2.